The first kappa shape index (κ1) is 12.3. The Balaban J connectivity index is 2.34. The fourth-order valence-corrected chi connectivity index (χ4v) is 1.94. The minimum atomic E-state index is -0.528. The molecule has 0 bridgehead atoms. The molecular weight excluding hydrogens is 234 g/mol. The molecule has 1 fully saturated rings. The normalized spacial score (nSPS) is 19.1. The highest BCUT2D eigenvalue weighted by Crippen LogP contribution is 2.22. The molecule has 1 atom stereocenters. The summed E-state index contributed by atoms with van der Waals surface area (Å²) in [7, 11) is 1.34. The molecule has 18 heavy (non-hydrogen) atoms. The van der Waals surface area contributed by atoms with Crippen LogP contribution in [0.25, 0.3) is 0 Å². The smallest absolute Gasteiger partial charge is 0.330 e. The van der Waals surface area contributed by atoms with E-state index in [4.69, 9.17) is 14.7 Å². The Morgan fingerprint density at radius 1 is 1.72 bits per heavy atom. The summed E-state index contributed by atoms with van der Waals surface area (Å²) in [5.74, 6) is -0.373. The van der Waals surface area contributed by atoms with Crippen LogP contribution in [0, 0.1) is 11.3 Å². The lowest BCUT2D eigenvalue weighted by molar-refractivity contribution is -0.144. The van der Waals surface area contributed by atoms with Crippen LogP contribution >= 0.6 is 0 Å². The molecule has 1 unspecified atom stereocenters. The van der Waals surface area contributed by atoms with Crippen molar-refractivity contribution >= 4 is 11.7 Å². The van der Waals surface area contributed by atoms with E-state index < -0.39 is 6.04 Å². The van der Waals surface area contributed by atoms with Gasteiger partial charge in [0.05, 0.1) is 26.0 Å². The predicted molar refractivity (Wildman–Crippen MR) is 62.9 cm³/mol. The SMILES string of the molecule is COC(=O)C1COCCN1c1cccnc1C#N. The number of esters is 1. The topological polar surface area (TPSA) is 75.5 Å². The second-order valence-corrected chi connectivity index (χ2v) is 3.79. The number of anilines is 1. The third-order valence-corrected chi connectivity index (χ3v) is 2.80. The van der Waals surface area contributed by atoms with Gasteiger partial charge in [-0.15, -0.1) is 0 Å². The van der Waals surface area contributed by atoms with Crippen LogP contribution in [0.2, 0.25) is 0 Å². The molecule has 6 heteroatoms. The Bertz CT molecular complexity index is 484. The number of ether oxygens (including phenoxy) is 2. The summed E-state index contributed by atoms with van der Waals surface area (Å²) in [6.07, 6.45) is 1.55. The van der Waals surface area contributed by atoms with Gasteiger partial charge in [-0.2, -0.15) is 5.26 Å². The number of hydrogen-bond donors (Lipinski definition) is 0. The molecule has 0 N–H and O–H groups in total. The van der Waals surface area contributed by atoms with Crippen LogP contribution in [-0.4, -0.2) is 43.9 Å². The number of pyridine rings is 1. The van der Waals surface area contributed by atoms with Crippen molar-refractivity contribution < 1.29 is 14.3 Å². The summed E-state index contributed by atoms with van der Waals surface area (Å²) in [6, 6.07) is 5.00. The summed E-state index contributed by atoms with van der Waals surface area (Å²) in [5.41, 5.74) is 0.937. The molecule has 1 aromatic rings. The Labute approximate surface area is 105 Å². The van der Waals surface area contributed by atoms with Crippen molar-refractivity contribution in [3.8, 4) is 6.07 Å². The average Bonchev–Trinajstić information content (AvgIpc) is 2.46. The van der Waals surface area contributed by atoms with Crippen molar-refractivity contribution in [1.82, 2.24) is 4.98 Å². The van der Waals surface area contributed by atoms with Gasteiger partial charge in [-0.25, -0.2) is 9.78 Å². The minimum absolute atomic E-state index is 0.256. The van der Waals surface area contributed by atoms with Gasteiger partial charge in [-0.05, 0) is 12.1 Å². The lowest BCUT2D eigenvalue weighted by atomic mass is 10.1. The summed E-state index contributed by atoms with van der Waals surface area (Å²) < 4.78 is 10.0. The van der Waals surface area contributed by atoms with Crippen LogP contribution in [0.4, 0.5) is 5.69 Å². The molecule has 0 amide bonds. The van der Waals surface area contributed by atoms with Gasteiger partial charge in [0.2, 0.25) is 0 Å². The second kappa shape index (κ2) is 5.47. The van der Waals surface area contributed by atoms with Gasteiger partial charge in [0.25, 0.3) is 0 Å². The average molecular weight is 247 g/mol. The van der Waals surface area contributed by atoms with Gasteiger partial charge in [0.15, 0.2) is 11.7 Å². The van der Waals surface area contributed by atoms with Gasteiger partial charge in [-0.1, -0.05) is 0 Å². The number of rotatable bonds is 2. The fourth-order valence-electron chi connectivity index (χ4n) is 1.94. The Morgan fingerprint density at radius 3 is 3.28 bits per heavy atom. The molecule has 1 aliphatic heterocycles. The highest BCUT2D eigenvalue weighted by atomic mass is 16.5. The monoisotopic (exact) mass is 247 g/mol. The Kier molecular flexibility index (Phi) is 3.75. The zero-order chi connectivity index (χ0) is 13.0. The van der Waals surface area contributed by atoms with E-state index in [2.05, 4.69) is 4.98 Å². The quantitative estimate of drug-likeness (QED) is 0.701. The van der Waals surface area contributed by atoms with E-state index >= 15 is 0 Å². The summed E-state index contributed by atoms with van der Waals surface area (Å²) in [6.45, 7) is 1.29. The number of carbonyl (C=O) groups excluding carboxylic acids is 1. The highest BCUT2D eigenvalue weighted by molar-refractivity contribution is 5.81. The molecule has 94 valence electrons. The maximum atomic E-state index is 11.7. The predicted octanol–water partition coefficient (Wildman–Crippen LogP) is 0.331. The van der Waals surface area contributed by atoms with Crippen LogP contribution < -0.4 is 4.90 Å². The van der Waals surface area contributed by atoms with Crippen molar-refractivity contribution in [2.45, 2.75) is 6.04 Å². The third kappa shape index (κ3) is 2.26. The van der Waals surface area contributed by atoms with E-state index in [0.717, 1.165) is 0 Å². The first-order valence-electron chi connectivity index (χ1n) is 5.55. The van der Waals surface area contributed by atoms with Crippen LogP contribution in [0.1, 0.15) is 5.69 Å². The molecule has 0 spiro atoms. The molecule has 0 aliphatic carbocycles. The number of carbonyl (C=O) groups is 1. The second-order valence-electron chi connectivity index (χ2n) is 3.79. The maximum absolute atomic E-state index is 11.7. The standard InChI is InChI=1S/C12H13N3O3/c1-17-12(16)11-8-18-6-5-15(11)10-3-2-4-14-9(10)7-13/h2-4,11H,5-6,8H2,1H3. The number of aromatic nitrogens is 1. The van der Waals surface area contributed by atoms with Crippen molar-refractivity contribution in [1.29, 1.82) is 5.26 Å². The van der Waals surface area contributed by atoms with E-state index in [1.165, 1.54) is 7.11 Å². The van der Waals surface area contributed by atoms with E-state index in [1.54, 1.807) is 23.2 Å². The molecule has 6 nitrogen and oxygen atoms in total. The largest absolute Gasteiger partial charge is 0.467 e. The number of methoxy groups -OCH3 is 1. The van der Waals surface area contributed by atoms with Gasteiger partial charge in [0.1, 0.15) is 6.07 Å². The number of nitrogens with zero attached hydrogens (tertiary/aromatic N) is 3. The zero-order valence-corrected chi connectivity index (χ0v) is 10.00. The van der Waals surface area contributed by atoms with Crippen LogP contribution in [0.5, 0.6) is 0 Å². The molecule has 2 heterocycles. The van der Waals surface area contributed by atoms with Crippen LogP contribution in [0.15, 0.2) is 18.3 Å². The molecule has 1 aromatic heterocycles. The third-order valence-electron chi connectivity index (χ3n) is 2.80. The van der Waals surface area contributed by atoms with Gasteiger partial charge < -0.3 is 14.4 Å². The fraction of sp³-hybridized carbons (Fsp3) is 0.417. The van der Waals surface area contributed by atoms with Crippen LogP contribution in [-0.2, 0) is 14.3 Å². The van der Waals surface area contributed by atoms with Crippen molar-refractivity contribution in [2.24, 2.45) is 0 Å². The van der Waals surface area contributed by atoms with Crippen LogP contribution in [0.3, 0.4) is 0 Å². The van der Waals surface area contributed by atoms with E-state index in [0.29, 0.717) is 24.5 Å². The molecule has 0 radical (unpaired) electrons. The number of nitriles is 1. The molecule has 0 saturated carbocycles. The first-order chi connectivity index (χ1) is 8.77. The number of hydrogen-bond acceptors (Lipinski definition) is 6. The van der Waals surface area contributed by atoms with Gasteiger partial charge in [-0.3, -0.25) is 0 Å². The zero-order valence-electron chi connectivity index (χ0n) is 10.00. The van der Waals surface area contributed by atoms with E-state index in [1.807, 2.05) is 6.07 Å². The Hall–Kier alpha value is -2.13. The summed E-state index contributed by atoms with van der Waals surface area (Å²) in [5, 5.41) is 9.04. The first-order valence-corrected chi connectivity index (χ1v) is 5.55. The maximum Gasteiger partial charge on any atom is 0.330 e. The minimum Gasteiger partial charge on any atom is -0.467 e. The Morgan fingerprint density at radius 2 is 2.56 bits per heavy atom. The summed E-state index contributed by atoms with van der Waals surface area (Å²) in [4.78, 5) is 17.5. The molecular formula is C12H13N3O3. The van der Waals surface area contributed by atoms with Crippen molar-refractivity contribution in [2.75, 3.05) is 31.8 Å². The van der Waals surface area contributed by atoms with Crippen molar-refractivity contribution in [3.63, 3.8) is 0 Å². The van der Waals surface area contributed by atoms with Crippen molar-refractivity contribution in [3.05, 3.63) is 24.0 Å². The number of morpholine rings is 1. The lowest BCUT2D eigenvalue weighted by Crippen LogP contribution is -2.51. The van der Waals surface area contributed by atoms with Gasteiger partial charge in [0, 0.05) is 12.7 Å². The van der Waals surface area contributed by atoms with E-state index in [9.17, 15) is 4.79 Å². The molecule has 0 aromatic carbocycles. The molecule has 1 saturated heterocycles. The lowest BCUT2D eigenvalue weighted by Gasteiger charge is -2.35. The van der Waals surface area contributed by atoms with E-state index in [-0.39, 0.29) is 12.6 Å². The molecule has 2 rings (SSSR count). The van der Waals surface area contributed by atoms with Gasteiger partial charge >= 0.3 is 5.97 Å². The summed E-state index contributed by atoms with van der Waals surface area (Å²) >= 11 is 0. The molecule has 1 aliphatic rings. The highest BCUT2D eigenvalue weighted by Gasteiger charge is 2.31.